The van der Waals surface area contributed by atoms with Crippen LogP contribution in [0, 0.1) is 0 Å². The summed E-state index contributed by atoms with van der Waals surface area (Å²) >= 11 is 6.07. The Morgan fingerprint density at radius 1 is 0.949 bits per heavy atom. The standard InChI is InChI=1S/C28H30ClF3N2O4S/c1-27(2,3)21-9-12-23(13-10-21)38-16-15-33-26(35)20-7-5-19(6-8-20)18-34(39(4,36)37)25-17-22(28(30,31)32)11-14-24(25)29/h5-14,17H,15-16,18H2,1-4H3,(H,33,35). The van der Waals surface area contributed by atoms with Gasteiger partial charge in [0.15, 0.2) is 0 Å². The Hall–Kier alpha value is -3.24. The molecule has 0 aliphatic rings. The number of halogens is 4. The number of amides is 1. The second-order valence-corrected chi connectivity index (χ2v) is 12.3. The molecule has 3 rings (SSSR count). The predicted octanol–water partition coefficient (Wildman–Crippen LogP) is 6.43. The van der Waals surface area contributed by atoms with E-state index in [1.165, 1.54) is 29.8 Å². The number of sulfonamides is 1. The van der Waals surface area contributed by atoms with Crippen LogP contribution in [0.2, 0.25) is 5.02 Å². The Balaban J connectivity index is 1.62. The van der Waals surface area contributed by atoms with Crippen molar-refractivity contribution in [1.82, 2.24) is 5.32 Å². The number of hydrogen-bond donors (Lipinski definition) is 1. The molecular formula is C28H30ClF3N2O4S. The third-order valence-electron chi connectivity index (χ3n) is 5.86. The summed E-state index contributed by atoms with van der Waals surface area (Å²) in [6, 6.07) is 16.3. The van der Waals surface area contributed by atoms with Gasteiger partial charge in [0.1, 0.15) is 12.4 Å². The van der Waals surface area contributed by atoms with E-state index in [1.54, 1.807) is 0 Å². The van der Waals surface area contributed by atoms with Gasteiger partial charge in [-0.15, -0.1) is 0 Å². The number of carbonyl (C=O) groups excluding carboxylic acids is 1. The van der Waals surface area contributed by atoms with Gasteiger partial charge in [-0.25, -0.2) is 8.42 Å². The summed E-state index contributed by atoms with van der Waals surface area (Å²) in [5.74, 6) is 0.340. The smallest absolute Gasteiger partial charge is 0.416 e. The Bertz CT molecular complexity index is 1400. The van der Waals surface area contributed by atoms with Crippen LogP contribution in [0.15, 0.2) is 66.7 Å². The topological polar surface area (TPSA) is 75.7 Å². The van der Waals surface area contributed by atoms with Gasteiger partial charge < -0.3 is 10.1 Å². The van der Waals surface area contributed by atoms with Gasteiger partial charge in [-0.2, -0.15) is 13.2 Å². The molecule has 0 bridgehead atoms. The second-order valence-electron chi connectivity index (χ2n) is 10.0. The monoisotopic (exact) mass is 582 g/mol. The van der Waals surface area contributed by atoms with Crippen molar-refractivity contribution in [3.63, 3.8) is 0 Å². The molecule has 3 aromatic carbocycles. The van der Waals surface area contributed by atoms with E-state index in [4.69, 9.17) is 16.3 Å². The minimum absolute atomic E-state index is 0.0381. The SMILES string of the molecule is CC(C)(C)c1ccc(OCCNC(=O)c2ccc(CN(c3cc(C(F)(F)F)ccc3Cl)S(C)(=O)=O)cc2)cc1. The van der Waals surface area contributed by atoms with E-state index in [9.17, 15) is 26.4 Å². The van der Waals surface area contributed by atoms with Crippen molar-refractivity contribution < 1.29 is 31.1 Å². The highest BCUT2D eigenvalue weighted by molar-refractivity contribution is 7.92. The fraction of sp³-hybridized carbons (Fsp3) is 0.321. The molecule has 1 amide bonds. The summed E-state index contributed by atoms with van der Waals surface area (Å²) in [4.78, 5) is 12.5. The van der Waals surface area contributed by atoms with Crippen molar-refractivity contribution in [2.75, 3.05) is 23.7 Å². The minimum atomic E-state index is -4.67. The Labute approximate surface area is 231 Å². The average Bonchev–Trinajstić information content (AvgIpc) is 2.84. The zero-order valence-corrected chi connectivity index (χ0v) is 23.5. The van der Waals surface area contributed by atoms with Crippen molar-refractivity contribution in [3.8, 4) is 5.75 Å². The van der Waals surface area contributed by atoms with Crippen molar-refractivity contribution in [3.05, 3.63) is 94.0 Å². The average molecular weight is 583 g/mol. The van der Waals surface area contributed by atoms with Crippen LogP contribution in [0.1, 0.15) is 47.8 Å². The molecule has 0 fully saturated rings. The number of carbonyl (C=O) groups is 1. The van der Waals surface area contributed by atoms with Gasteiger partial charge in [-0.3, -0.25) is 9.10 Å². The summed E-state index contributed by atoms with van der Waals surface area (Å²) in [6.45, 7) is 6.62. The third-order valence-corrected chi connectivity index (χ3v) is 7.31. The summed E-state index contributed by atoms with van der Waals surface area (Å²) in [6.07, 6.45) is -3.79. The van der Waals surface area contributed by atoms with E-state index in [0.29, 0.717) is 22.9 Å². The lowest BCUT2D eigenvalue weighted by Crippen LogP contribution is -2.30. The van der Waals surface area contributed by atoms with Gasteiger partial charge in [0.05, 0.1) is 35.6 Å². The number of anilines is 1. The fourth-order valence-electron chi connectivity index (χ4n) is 3.68. The van der Waals surface area contributed by atoms with Crippen LogP contribution in [0.3, 0.4) is 0 Å². The number of rotatable bonds is 9. The zero-order valence-electron chi connectivity index (χ0n) is 22.0. The van der Waals surface area contributed by atoms with Gasteiger partial charge in [0.25, 0.3) is 5.91 Å². The van der Waals surface area contributed by atoms with Gasteiger partial charge in [0, 0.05) is 5.56 Å². The molecule has 39 heavy (non-hydrogen) atoms. The molecule has 0 aromatic heterocycles. The van der Waals surface area contributed by atoms with E-state index in [-0.39, 0.29) is 41.7 Å². The van der Waals surface area contributed by atoms with Gasteiger partial charge >= 0.3 is 6.18 Å². The van der Waals surface area contributed by atoms with Crippen molar-refractivity contribution in [2.45, 2.75) is 38.9 Å². The molecule has 210 valence electrons. The second kappa shape index (κ2) is 11.9. The first-order valence-corrected chi connectivity index (χ1v) is 14.2. The van der Waals surface area contributed by atoms with Crippen molar-refractivity contribution in [2.24, 2.45) is 0 Å². The van der Waals surface area contributed by atoms with E-state index < -0.39 is 21.8 Å². The van der Waals surface area contributed by atoms with Gasteiger partial charge in [0.2, 0.25) is 10.0 Å². The van der Waals surface area contributed by atoms with Crippen LogP contribution >= 0.6 is 11.6 Å². The molecule has 0 atom stereocenters. The highest BCUT2D eigenvalue weighted by Gasteiger charge is 2.32. The largest absolute Gasteiger partial charge is 0.492 e. The molecule has 0 radical (unpaired) electrons. The first kappa shape index (κ1) is 30.3. The van der Waals surface area contributed by atoms with Gasteiger partial charge in [-0.05, 0) is 59.0 Å². The Morgan fingerprint density at radius 2 is 1.54 bits per heavy atom. The zero-order chi connectivity index (χ0) is 29.0. The van der Waals surface area contributed by atoms with Crippen LogP contribution in [-0.4, -0.2) is 33.7 Å². The Kier molecular flexibility index (Phi) is 9.23. The molecule has 0 aliphatic carbocycles. The number of hydrogen-bond acceptors (Lipinski definition) is 4. The van der Waals surface area contributed by atoms with E-state index in [1.807, 2.05) is 24.3 Å². The number of ether oxygens (including phenoxy) is 1. The molecule has 0 saturated heterocycles. The molecule has 0 spiro atoms. The summed E-state index contributed by atoms with van der Waals surface area (Å²) in [5.41, 5.74) is 0.696. The maximum Gasteiger partial charge on any atom is 0.416 e. The molecule has 1 N–H and O–H groups in total. The number of alkyl halides is 3. The lowest BCUT2D eigenvalue weighted by atomic mass is 9.87. The molecule has 3 aromatic rings. The number of nitrogens with one attached hydrogen (secondary N) is 1. The van der Waals surface area contributed by atoms with Crippen molar-refractivity contribution in [1.29, 1.82) is 0 Å². The number of benzene rings is 3. The van der Waals surface area contributed by atoms with E-state index >= 15 is 0 Å². The quantitative estimate of drug-likeness (QED) is 0.295. The molecule has 6 nitrogen and oxygen atoms in total. The highest BCUT2D eigenvalue weighted by atomic mass is 35.5. The van der Waals surface area contributed by atoms with Crippen LogP contribution < -0.4 is 14.4 Å². The van der Waals surface area contributed by atoms with Crippen LogP contribution in [-0.2, 0) is 28.2 Å². The van der Waals surface area contributed by atoms with Gasteiger partial charge in [-0.1, -0.05) is 56.6 Å². The maximum atomic E-state index is 13.2. The lowest BCUT2D eigenvalue weighted by Gasteiger charge is -2.24. The lowest BCUT2D eigenvalue weighted by molar-refractivity contribution is -0.137. The van der Waals surface area contributed by atoms with Crippen LogP contribution in [0.5, 0.6) is 5.75 Å². The molecule has 0 saturated carbocycles. The van der Waals surface area contributed by atoms with Crippen molar-refractivity contribution >= 4 is 33.2 Å². The Morgan fingerprint density at radius 3 is 2.08 bits per heavy atom. The van der Waals surface area contributed by atoms with Crippen LogP contribution in [0.25, 0.3) is 0 Å². The normalized spacial score (nSPS) is 12.2. The minimum Gasteiger partial charge on any atom is -0.492 e. The number of nitrogens with zero attached hydrogens (tertiary/aromatic N) is 1. The summed E-state index contributed by atoms with van der Waals surface area (Å²) in [7, 11) is -3.99. The summed E-state index contributed by atoms with van der Waals surface area (Å²) in [5, 5.41) is 2.61. The summed E-state index contributed by atoms with van der Waals surface area (Å²) < 4.78 is 71.0. The van der Waals surface area contributed by atoms with Crippen LogP contribution in [0.4, 0.5) is 18.9 Å². The third kappa shape index (κ3) is 8.37. The molecule has 0 aliphatic heterocycles. The molecule has 0 heterocycles. The maximum absolute atomic E-state index is 13.2. The highest BCUT2D eigenvalue weighted by Crippen LogP contribution is 2.36. The fourth-order valence-corrected chi connectivity index (χ4v) is 4.84. The molecular weight excluding hydrogens is 553 g/mol. The van der Waals surface area contributed by atoms with E-state index in [2.05, 4.69) is 26.1 Å². The molecule has 0 unspecified atom stereocenters. The molecule has 11 heteroatoms. The van der Waals surface area contributed by atoms with E-state index in [0.717, 1.165) is 22.7 Å². The predicted molar refractivity (Wildman–Crippen MR) is 147 cm³/mol. The first-order valence-electron chi connectivity index (χ1n) is 12.0. The first-order chi connectivity index (χ1) is 18.1.